The number of halogens is 2. The molecule has 1 aromatic carbocycles. The largest absolute Gasteiger partial charge is 0.316 e. The molecule has 17 heavy (non-hydrogen) atoms. The third-order valence-electron chi connectivity index (χ3n) is 3.10. The first-order chi connectivity index (χ1) is 8.16. The first kappa shape index (κ1) is 12.2. The van der Waals surface area contributed by atoms with E-state index >= 15 is 0 Å². The Labute approximate surface area is 99.0 Å². The van der Waals surface area contributed by atoms with Crippen LogP contribution in [0.2, 0.25) is 0 Å². The molecule has 0 amide bonds. The fourth-order valence-electron chi connectivity index (χ4n) is 2.18. The lowest BCUT2D eigenvalue weighted by Crippen LogP contribution is -2.14. The Balaban J connectivity index is 1.95. The number of hydrogen-bond acceptors (Lipinski definition) is 2. The van der Waals surface area contributed by atoms with E-state index in [2.05, 4.69) is 5.32 Å². The number of rotatable bonds is 4. The number of ketones is 1. The molecule has 2 rings (SSSR count). The lowest BCUT2D eigenvalue weighted by molar-refractivity contribution is -0.119. The van der Waals surface area contributed by atoms with Gasteiger partial charge in [0.15, 0.2) is 11.6 Å². The van der Waals surface area contributed by atoms with Gasteiger partial charge in [0.2, 0.25) is 0 Å². The van der Waals surface area contributed by atoms with Gasteiger partial charge in [-0.25, -0.2) is 8.78 Å². The Morgan fingerprint density at radius 3 is 2.94 bits per heavy atom. The van der Waals surface area contributed by atoms with Crippen LogP contribution in [0.5, 0.6) is 0 Å². The SMILES string of the molecule is O=C(Cc1cccc(F)c1F)CC1CCNC1. The minimum Gasteiger partial charge on any atom is -0.316 e. The van der Waals surface area contributed by atoms with Crippen molar-refractivity contribution < 1.29 is 13.6 Å². The summed E-state index contributed by atoms with van der Waals surface area (Å²) < 4.78 is 26.3. The van der Waals surface area contributed by atoms with E-state index in [0.29, 0.717) is 12.3 Å². The van der Waals surface area contributed by atoms with Crippen molar-refractivity contribution in [3.63, 3.8) is 0 Å². The van der Waals surface area contributed by atoms with Gasteiger partial charge in [0.25, 0.3) is 0 Å². The minimum absolute atomic E-state index is 0.0138. The Bertz CT molecular complexity index is 414. The van der Waals surface area contributed by atoms with Crippen LogP contribution < -0.4 is 5.32 Å². The molecule has 2 nitrogen and oxygen atoms in total. The third-order valence-corrected chi connectivity index (χ3v) is 3.10. The summed E-state index contributed by atoms with van der Waals surface area (Å²) in [6.07, 6.45) is 1.42. The number of nitrogens with one attached hydrogen (secondary N) is 1. The second-order valence-electron chi connectivity index (χ2n) is 4.49. The topological polar surface area (TPSA) is 29.1 Å². The highest BCUT2D eigenvalue weighted by atomic mass is 19.2. The summed E-state index contributed by atoms with van der Waals surface area (Å²) in [4.78, 5) is 11.7. The van der Waals surface area contributed by atoms with Crippen molar-refractivity contribution in [1.82, 2.24) is 5.32 Å². The maximum Gasteiger partial charge on any atom is 0.162 e. The van der Waals surface area contributed by atoms with Crippen LogP contribution in [0.1, 0.15) is 18.4 Å². The Morgan fingerprint density at radius 1 is 1.41 bits per heavy atom. The Morgan fingerprint density at radius 2 is 2.24 bits per heavy atom. The second kappa shape index (κ2) is 5.36. The van der Waals surface area contributed by atoms with Crippen LogP contribution in [0.25, 0.3) is 0 Å². The molecule has 1 aliphatic rings. The van der Waals surface area contributed by atoms with Crippen molar-refractivity contribution in [2.45, 2.75) is 19.3 Å². The molecule has 1 heterocycles. The molecule has 1 saturated heterocycles. The van der Waals surface area contributed by atoms with Gasteiger partial charge in [-0.3, -0.25) is 4.79 Å². The van der Waals surface area contributed by atoms with Crippen molar-refractivity contribution in [3.05, 3.63) is 35.4 Å². The van der Waals surface area contributed by atoms with Gasteiger partial charge in [0, 0.05) is 12.8 Å². The van der Waals surface area contributed by atoms with Crippen molar-refractivity contribution in [3.8, 4) is 0 Å². The molecule has 1 aliphatic heterocycles. The summed E-state index contributed by atoms with van der Waals surface area (Å²) in [5.41, 5.74) is 0.154. The first-order valence-corrected chi connectivity index (χ1v) is 5.82. The normalized spacial score (nSPS) is 19.5. The molecular formula is C13H15F2NO. The predicted octanol–water partition coefficient (Wildman–Crippen LogP) is 2.08. The highest BCUT2D eigenvalue weighted by Crippen LogP contribution is 2.16. The van der Waals surface area contributed by atoms with Crippen LogP contribution in [0.3, 0.4) is 0 Å². The Kier molecular flexibility index (Phi) is 3.84. The first-order valence-electron chi connectivity index (χ1n) is 5.82. The average molecular weight is 239 g/mol. The number of carbonyl (C=O) groups excluding carboxylic acids is 1. The van der Waals surface area contributed by atoms with Crippen molar-refractivity contribution in [2.24, 2.45) is 5.92 Å². The van der Waals surface area contributed by atoms with E-state index in [1.807, 2.05) is 0 Å². The molecule has 1 aromatic rings. The van der Waals surface area contributed by atoms with E-state index in [1.54, 1.807) is 0 Å². The molecule has 92 valence electrons. The monoisotopic (exact) mass is 239 g/mol. The van der Waals surface area contributed by atoms with Crippen LogP contribution >= 0.6 is 0 Å². The second-order valence-corrected chi connectivity index (χ2v) is 4.49. The van der Waals surface area contributed by atoms with Gasteiger partial charge in [-0.15, -0.1) is 0 Å². The van der Waals surface area contributed by atoms with Gasteiger partial charge in [-0.05, 0) is 37.1 Å². The fourth-order valence-corrected chi connectivity index (χ4v) is 2.18. The fraction of sp³-hybridized carbons (Fsp3) is 0.462. The number of hydrogen-bond donors (Lipinski definition) is 1. The smallest absolute Gasteiger partial charge is 0.162 e. The lowest BCUT2D eigenvalue weighted by Gasteiger charge is -2.07. The van der Waals surface area contributed by atoms with E-state index in [9.17, 15) is 13.6 Å². The number of carbonyl (C=O) groups is 1. The number of benzene rings is 1. The summed E-state index contributed by atoms with van der Waals surface area (Å²) in [7, 11) is 0. The van der Waals surface area contributed by atoms with Gasteiger partial charge in [-0.1, -0.05) is 12.1 Å². The molecule has 0 bridgehead atoms. The summed E-state index contributed by atoms with van der Waals surface area (Å²) >= 11 is 0. The number of Topliss-reactive ketones (excluding diaryl/α,β-unsaturated/α-hetero) is 1. The van der Waals surface area contributed by atoms with E-state index in [4.69, 9.17) is 0 Å². The minimum atomic E-state index is -0.898. The molecule has 0 radical (unpaired) electrons. The summed E-state index contributed by atoms with van der Waals surface area (Å²) in [5.74, 6) is -1.47. The molecule has 4 heteroatoms. The van der Waals surface area contributed by atoms with Crippen molar-refractivity contribution in [2.75, 3.05) is 13.1 Å². The van der Waals surface area contributed by atoms with Gasteiger partial charge in [0.05, 0.1) is 0 Å². The van der Waals surface area contributed by atoms with Crippen LogP contribution in [-0.2, 0) is 11.2 Å². The van der Waals surface area contributed by atoms with Crippen LogP contribution in [0, 0.1) is 17.6 Å². The molecule has 1 fully saturated rings. The zero-order valence-electron chi connectivity index (χ0n) is 9.51. The van der Waals surface area contributed by atoms with Gasteiger partial charge in [-0.2, -0.15) is 0 Å². The van der Waals surface area contributed by atoms with Crippen molar-refractivity contribution in [1.29, 1.82) is 0 Å². The lowest BCUT2D eigenvalue weighted by atomic mass is 9.97. The van der Waals surface area contributed by atoms with Crippen LogP contribution in [-0.4, -0.2) is 18.9 Å². The molecular weight excluding hydrogens is 224 g/mol. The summed E-state index contributed by atoms with van der Waals surface area (Å²) in [6.45, 7) is 1.78. The average Bonchev–Trinajstić information content (AvgIpc) is 2.77. The Hall–Kier alpha value is -1.29. The molecule has 1 unspecified atom stereocenters. The molecule has 1 atom stereocenters. The quantitative estimate of drug-likeness (QED) is 0.871. The highest BCUT2D eigenvalue weighted by molar-refractivity contribution is 5.81. The van der Waals surface area contributed by atoms with E-state index in [0.717, 1.165) is 25.6 Å². The zero-order chi connectivity index (χ0) is 12.3. The highest BCUT2D eigenvalue weighted by Gasteiger charge is 2.19. The van der Waals surface area contributed by atoms with Crippen LogP contribution in [0.15, 0.2) is 18.2 Å². The van der Waals surface area contributed by atoms with Crippen molar-refractivity contribution >= 4 is 5.78 Å². The third kappa shape index (κ3) is 3.09. The van der Waals surface area contributed by atoms with Gasteiger partial charge in [0.1, 0.15) is 5.78 Å². The maximum atomic E-state index is 13.3. The van der Waals surface area contributed by atoms with E-state index in [-0.39, 0.29) is 17.8 Å². The standard InChI is InChI=1S/C13H15F2NO/c14-12-3-1-2-10(13(12)15)7-11(17)6-9-4-5-16-8-9/h1-3,9,16H,4-8H2. The predicted molar refractivity (Wildman–Crippen MR) is 60.7 cm³/mol. The van der Waals surface area contributed by atoms with Gasteiger partial charge >= 0.3 is 0 Å². The molecule has 0 aromatic heterocycles. The summed E-state index contributed by atoms with van der Waals surface area (Å²) in [6, 6.07) is 3.95. The molecule has 0 spiro atoms. The molecule has 0 aliphatic carbocycles. The zero-order valence-corrected chi connectivity index (χ0v) is 9.51. The maximum absolute atomic E-state index is 13.3. The van der Waals surface area contributed by atoms with E-state index in [1.165, 1.54) is 12.1 Å². The summed E-state index contributed by atoms with van der Waals surface area (Å²) in [5, 5.41) is 3.18. The van der Waals surface area contributed by atoms with Crippen LogP contribution in [0.4, 0.5) is 8.78 Å². The van der Waals surface area contributed by atoms with E-state index < -0.39 is 11.6 Å². The molecule has 1 N–H and O–H groups in total. The molecule has 0 saturated carbocycles. The van der Waals surface area contributed by atoms with Gasteiger partial charge < -0.3 is 5.32 Å².